The number of morpholine rings is 1. The molecule has 2 heterocycles. The Kier molecular flexibility index (Phi) is 9.31. The van der Waals surface area contributed by atoms with Gasteiger partial charge in [0.05, 0.1) is 31.9 Å². The molecule has 0 N–H and O–H groups in total. The molecule has 0 atom stereocenters. The van der Waals surface area contributed by atoms with Crippen LogP contribution in [0, 0.1) is 24.0 Å². The molecule has 4 aromatic rings. The van der Waals surface area contributed by atoms with E-state index in [0.717, 1.165) is 51.4 Å². The fourth-order valence-electron chi connectivity index (χ4n) is 4.74. The van der Waals surface area contributed by atoms with E-state index in [-0.39, 0.29) is 29.7 Å². The van der Waals surface area contributed by atoms with E-state index in [4.69, 9.17) is 20.8 Å². The average molecular weight is 576 g/mol. The molecule has 0 radical (unpaired) electrons. The van der Waals surface area contributed by atoms with Gasteiger partial charge < -0.3 is 14.2 Å². The van der Waals surface area contributed by atoms with Crippen LogP contribution in [0.4, 0.5) is 18.9 Å². The summed E-state index contributed by atoms with van der Waals surface area (Å²) in [7, 11) is 0. The lowest BCUT2D eigenvalue weighted by atomic mass is 10.0. The van der Waals surface area contributed by atoms with Crippen LogP contribution in [-0.2, 0) is 22.4 Å². The molecule has 42 heavy (non-hydrogen) atoms. The fourth-order valence-corrected chi connectivity index (χ4v) is 4.74. The van der Waals surface area contributed by atoms with Gasteiger partial charge in [0, 0.05) is 56.2 Å². The van der Waals surface area contributed by atoms with Gasteiger partial charge in [-0.25, -0.2) is 18.0 Å². The molecule has 0 unspecified atom stereocenters. The van der Waals surface area contributed by atoms with Crippen molar-refractivity contribution in [3.63, 3.8) is 0 Å². The third kappa shape index (κ3) is 7.24. The number of benzene rings is 3. The van der Waals surface area contributed by atoms with Crippen molar-refractivity contribution in [2.45, 2.75) is 19.3 Å². The van der Waals surface area contributed by atoms with Crippen molar-refractivity contribution >= 4 is 22.4 Å². The van der Waals surface area contributed by atoms with Crippen LogP contribution in [0.25, 0.3) is 15.7 Å². The van der Waals surface area contributed by atoms with Crippen molar-refractivity contribution in [1.29, 1.82) is 0 Å². The Balaban J connectivity index is 1.24. The highest BCUT2D eigenvalue weighted by molar-refractivity contribution is 5.91. The topological polar surface area (TPSA) is 65.2 Å². The predicted molar refractivity (Wildman–Crippen MR) is 151 cm³/mol. The summed E-state index contributed by atoms with van der Waals surface area (Å²) in [6.07, 6.45) is 1.82. The molecule has 0 spiro atoms. The van der Waals surface area contributed by atoms with Crippen LogP contribution in [-0.4, -0.2) is 55.1 Å². The first-order valence-electron chi connectivity index (χ1n) is 13.5. The predicted octanol–water partition coefficient (Wildman–Crippen LogP) is 6.45. The van der Waals surface area contributed by atoms with Crippen LogP contribution in [0.5, 0.6) is 17.2 Å². The zero-order valence-corrected chi connectivity index (χ0v) is 22.7. The molecule has 5 rings (SSSR count). The summed E-state index contributed by atoms with van der Waals surface area (Å²) < 4.78 is 59.2. The summed E-state index contributed by atoms with van der Waals surface area (Å²) in [5, 5.41) is 0.560. The number of Topliss-reactive ketones (excluding diaryl/α,β-unsaturated/α-hetero) is 1. The fraction of sp³-hybridized carbons (Fsp3) is 0.281. The minimum atomic E-state index is -0.819. The lowest BCUT2D eigenvalue weighted by molar-refractivity contribution is -0.117. The molecule has 1 aliphatic rings. The monoisotopic (exact) mass is 575 g/mol. The average Bonchev–Trinajstić information content (AvgIpc) is 2.98. The number of aromatic nitrogens is 1. The van der Waals surface area contributed by atoms with Gasteiger partial charge >= 0.3 is 0 Å². The lowest BCUT2D eigenvalue weighted by Gasteiger charge is -2.26. The van der Waals surface area contributed by atoms with Gasteiger partial charge in [0.1, 0.15) is 40.5 Å². The van der Waals surface area contributed by atoms with E-state index >= 15 is 0 Å². The SMILES string of the molecule is [C-]#[N+]c1cc2c(Oc3ccc(CC(=O)Cc4ccc(F)cc4F)c(F)c3)ccnc2cc1OCCCN1CCOCC1. The highest BCUT2D eigenvalue weighted by atomic mass is 19.1. The van der Waals surface area contributed by atoms with Crippen molar-refractivity contribution in [2.75, 3.05) is 39.5 Å². The standard InChI is InChI=1S/C32H28F3N3O4/c1-36-30-19-26-29(20-32(30)41-12-2-9-38-10-13-40-14-11-38)37-8-7-31(26)42-25-6-4-22(28(35)18-25)16-24(39)15-21-3-5-23(33)17-27(21)34/h3-8,17-20H,2,9-16H2. The molecule has 1 aromatic heterocycles. The van der Waals surface area contributed by atoms with Gasteiger partial charge in [0.2, 0.25) is 5.69 Å². The van der Waals surface area contributed by atoms with E-state index < -0.39 is 23.2 Å². The van der Waals surface area contributed by atoms with E-state index in [2.05, 4.69) is 14.7 Å². The molecule has 0 bridgehead atoms. The molecule has 10 heteroatoms. The van der Waals surface area contributed by atoms with Crippen molar-refractivity contribution in [3.05, 3.63) is 101 Å². The maximum absolute atomic E-state index is 14.9. The highest BCUT2D eigenvalue weighted by Gasteiger charge is 2.16. The number of hydrogen-bond donors (Lipinski definition) is 0. The number of hydrogen-bond acceptors (Lipinski definition) is 6. The summed E-state index contributed by atoms with van der Waals surface area (Å²) in [5.74, 6) is -1.63. The van der Waals surface area contributed by atoms with E-state index in [1.54, 1.807) is 24.4 Å². The second-order valence-corrected chi connectivity index (χ2v) is 9.90. The Morgan fingerprint density at radius 2 is 1.69 bits per heavy atom. The van der Waals surface area contributed by atoms with Crippen LogP contribution < -0.4 is 9.47 Å². The normalized spacial score (nSPS) is 13.6. The van der Waals surface area contributed by atoms with Crippen molar-refractivity contribution in [1.82, 2.24) is 9.88 Å². The molecular weight excluding hydrogens is 547 g/mol. The van der Waals surface area contributed by atoms with Gasteiger partial charge in [-0.1, -0.05) is 12.1 Å². The molecule has 1 aliphatic heterocycles. The number of ether oxygens (including phenoxy) is 3. The van der Waals surface area contributed by atoms with Gasteiger partial charge in [-0.3, -0.25) is 14.7 Å². The molecule has 0 aliphatic carbocycles. The van der Waals surface area contributed by atoms with Crippen LogP contribution in [0.2, 0.25) is 0 Å². The van der Waals surface area contributed by atoms with Crippen molar-refractivity contribution in [2.24, 2.45) is 0 Å². The van der Waals surface area contributed by atoms with E-state index in [1.807, 2.05) is 0 Å². The third-order valence-electron chi connectivity index (χ3n) is 6.93. The van der Waals surface area contributed by atoms with E-state index in [1.165, 1.54) is 18.2 Å². The maximum atomic E-state index is 14.9. The number of nitrogens with zero attached hydrogens (tertiary/aromatic N) is 3. The van der Waals surface area contributed by atoms with E-state index in [0.29, 0.717) is 40.8 Å². The molecule has 3 aromatic carbocycles. The van der Waals surface area contributed by atoms with Gasteiger partial charge in [0.25, 0.3) is 0 Å². The Morgan fingerprint density at radius 3 is 2.40 bits per heavy atom. The maximum Gasteiger partial charge on any atom is 0.229 e. The summed E-state index contributed by atoms with van der Waals surface area (Å²) in [6, 6.07) is 12.1. The summed E-state index contributed by atoms with van der Waals surface area (Å²) >= 11 is 0. The van der Waals surface area contributed by atoms with Gasteiger partial charge in [0.15, 0.2) is 0 Å². The Bertz CT molecular complexity index is 1630. The zero-order valence-electron chi connectivity index (χ0n) is 22.7. The van der Waals surface area contributed by atoms with Crippen molar-refractivity contribution in [3.8, 4) is 17.2 Å². The Morgan fingerprint density at radius 1 is 0.952 bits per heavy atom. The van der Waals surface area contributed by atoms with Gasteiger partial charge in [-0.2, -0.15) is 0 Å². The van der Waals surface area contributed by atoms with Gasteiger partial charge in [-0.15, -0.1) is 0 Å². The lowest BCUT2D eigenvalue weighted by Crippen LogP contribution is -2.37. The highest BCUT2D eigenvalue weighted by Crippen LogP contribution is 2.37. The first kappa shape index (κ1) is 29.0. The molecular formula is C32H28F3N3O4. The molecule has 7 nitrogen and oxygen atoms in total. The number of carbonyl (C=O) groups is 1. The molecule has 1 fully saturated rings. The second kappa shape index (κ2) is 13.5. The third-order valence-corrected chi connectivity index (χ3v) is 6.93. The summed E-state index contributed by atoms with van der Waals surface area (Å²) in [6.45, 7) is 12.3. The van der Waals surface area contributed by atoms with Gasteiger partial charge in [-0.05, 0) is 47.9 Å². The van der Waals surface area contributed by atoms with Crippen LogP contribution in [0.15, 0.2) is 60.8 Å². The van der Waals surface area contributed by atoms with Crippen LogP contribution >= 0.6 is 0 Å². The second-order valence-electron chi connectivity index (χ2n) is 9.90. The minimum absolute atomic E-state index is 0.0478. The number of pyridine rings is 1. The number of rotatable bonds is 11. The number of fused-ring (bicyclic) bond motifs is 1. The van der Waals surface area contributed by atoms with Crippen molar-refractivity contribution < 1.29 is 32.2 Å². The molecule has 0 amide bonds. The summed E-state index contributed by atoms with van der Waals surface area (Å²) in [5.41, 5.74) is 1.04. The molecule has 0 saturated carbocycles. The number of carbonyl (C=O) groups excluding carboxylic acids is 1. The largest absolute Gasteiger partial charge is 0.504 e. The quantitative estimate of drug-likeness (QED) is 0.151. The van der Waals surface area contributed by atoms with Crippen LogP contribution in [0.1, 0.15) is 17.5 Å². The minimum Gasteiger partial charge on any atom is -0.504 e. The first-order chi connectivity index (χ1) is 20.4. The Hall–Kier alpha value is -4.46. The smallest absolute Gasteiger partial charge is 0.229 e. The Labute approximate surface area is 241 Å². The van der Waals surface area contributed by atoms with Crippen LogP contribution in [0.3, 0.4) is 0 Å². The number of ketones is 1. The molecule has 1 saturated heterocycles. The summed E-state index contributed by atoms with van der Waals surface area (Å²) in [4.78, 5) is 22.7. The van der Waals surface area contributed by atoms with E-state index in [9.17, 15) is 18.0 Å². The zero-order chi connectivity index (χ0) is 29.5. The first-order valence-corrected chi connectivity index (χ1v) is 13.5. The molecule has 216 valence electrons. The number of halogens is 3.